The van der Waals surface area contributed by atoms with Crippen molar-refractivity contribution in [2.75, 3.05) is 20.3 Å². The molecule has 1 atom stereocenters. The third kappa shape index (κ3) is 3.12. The van der Waals surface area contributed by atoms with Gasteiger partial charge in [0.05, 0.1) is 6.04 Å². The van der Waals surface area contributed by atoms with Crippen LogP contribution in [0.15, 0.2) is 34.7 Å². The van der Waals surface area contributed by atoms with Gasteiger partial charge in [-0.1, -0.05) is 25.1 Å². The molecule has 1 N–H and O–H groups in total. The largest absolute Gasteiger partial charge is 0.459 e. The monoisotopic (exact) mass is 247 g/mol. The first kappa shape index (κ1) is 13.1. The smallest absolute Gasteiger partial charge is 0.134 e. The van der Waals surface area contributed by atoms with Crippen molar-refractivity contribution in [2.24, 2.45) is 0 Å². The third-order valence-corrected chi connectivity index (χ3v) is 3.04. The van der Waals surface area contributed by atoms with Gasteiger partial charge >= 0.3 is 0 Å². The second kappa shape index (κ2) is 6.57. The van der Waals surface area contributed by atoms with Crippen molar-refractivity contribution in [3.05, 3.63) is 36.1 Å². The van der Waals surface area contributed by atoms with Crippen molar-refractivity contribution in [2.45, 2.75) is 25.8 Å². The molecule has 0 spiro atoms. The molecule has 98 valence electrons. The fraction of sp³-hybridized carbons (Fsp3) is 0.467. The van der Waals surface area contributed by atoms with Gasteiger partial charge in [0.25, 0.3) is 0 Å². The average Bonchev–Trinajstić information content (AvgIpc) is 2.82. The van der Waals surface area contributed by atoms with Gasteiger partial charge in [-0.2, -0.15) is 0 Å². The van der Waals surface area contributed by atoms with Crippen LogP contribution in [0.2, 0.25) is 0 Å². The Balaban J connectivity index is 2.02. The molecule has 0 aliphatic carbocycles. The Labute approximate surface area is 108 Å². The molecule has 18 heavy (non-hydrogen) atoms. The van der Waals surface area contributed by atoms with Crippen molar-refractivity contribution >= 4 is 11.0 Å². The molecule has 0 bridgehead atoms. The Morgan fingerprint density at radius 3 is 2.83 bits per heavy atom. The number of hydrogen-bond acceptors (Lipinski definition) is 3. The van der Waals surface area contributed by atoms with E-state index in [1.165, 1.54) is 0 Å². The number of para-hydroxylation sites is 1. The number of benzene rings is 1. The fourth-order valence-corrected chi connectivity index (χ4v) is 2.05. The van der Waals surface area contributed by atoms with Crippen LogP contribution in [0.25, 0.3) is 11.0 Å². The minimum absolute atomic E-state index is 0.217. The van der Waals surface area contributed by atoms with Crippen molar-refractivity contribution in [3.63, 3.8) is 0 Å². The molecule has 1 heterocycles. The summed E-state index contributed by atoms with van der Waals surface area (Å²) in [5, 5.41) is 4.44. The minimum atomic E-state index is 0.217. The first-order valence-corrected chi connectivity index (χ1v) is 6.58. The molecule has 0 aliphatic heterocycles. The number of fused-ring (bicyclic) bond motifs is 1. The average molecular weight is 247 g/mol. The lowest BCUT2D eigenvalue weighted by Gasteiger charge is -2.13. The van der Waals surface area contributed by atoms with E-state index in [-0.39, 0.29) is 6.04 Å². The van der Waals surface area contributed by atoms with E-state index in [4.69, 9.17) is 9.15 Å². The maximum Gasteiger partial charge on any atom is 0.134 e. The Morgan fingerprint density at radius 2 is 2.11 bits per heavy atom. The highest BCUT2D eigenvalue weighted by molar-refractivity contribution is 5.77. The van der Waals surface area contributed by atoms with Crippen molar-refractivity contribution < 1.29 is 9.15 Å². The molecule has 2 rings (SSSR count). The van der Waals surface area contributed by atoms with Gasteiger partial charge in [-0.25, -0.2) is 0 Å². The van der Waals surface area contributed by atoms with Crippen LogP contribution < -0.4 is 5.32 Å². The first-order valence-electron chi connectivity index (χ1n) is 6.58. The summed E-state index contributed by atoms with van der Waals surface area (Å²) < 4.78 is 11.4. The van der Waals surface area contributed by atoms with Crippen LogP contribution in [0.4, 0.5) is 0 Å². The molecule has 0 fully saturated rings. The van der Waals surface area contributed by atoms with Crippen molar-refractivity contribution in [1.29, 1.82) is 0 Å². The van der Waals surface area contributed by atoms with Gasteiger partial charge < -0.3 is 14.5 Å². The second-order valence-electron chi connectivity index (χ2n) is 4.43. The number of nitrogens with one attached hydrogen (secondary N) is 1. The van der Waals surface area contributed by atoms with Gasteiger partial charge in [-0.05, 0) is 32.0 Å². The van der Waals surface area contributed by atoms with Gasteiger partial charge in [-0.15, -0.1) is 0 Å². The summed E-state index contributed by atoms with van der Waals surface area (Å²) in [6, 6.07) is 10.4. The molecule has 0 amide bonds. The summed E-state index contributed by atoms with van der Waals surface area (Å²) in [4.78, 5) is 0. The summed E-state index contributed by atoms with van der Waals surface area (Å²) in [7, 11) is 1.96. The number of furan rings is 1. The highest BCUT2D eigenvalue weighted by Gasteiger charge is 2.14. The molecule has 2 aromatic rings. The lowest BCUT2D eigenvalue weighted by atomic mass is 10.1. The van der Waals surface area contributed by atoms with Crippen LogP contribution in [0.5, 0.6) is 0 Å². The zero-order chi connectivity index (χ0) is 12.8. The van der Waals surface area contributed by atoms with Gasteiger partial charge in [0.15, 0.2) is 0 Å². The lowest BCUT2D eigenvalue weighted by molar-refractivity contribution is 0.123. The first-order chi connectivity index (χ1) is 8.85. The van der Waals surface area contributed by atoms with E-state index in [0.717, 1.165) is 42.8 Å². The fourth-order valence-electron chi connectivity index (χ4n) is 2.05. The van der Waals surface area contributed by atoms with Gasteiger partial charge in [0, 0.05) is 18.6 Å². The standard InChI is InChI=1S/C15H21NO2/c1-3-9-17-10-8-13(16-2)15-11-12-6-4-5-7-14(12)18-15/h4-7,11,13,16H,3,8-10H2,1-2H3. The zero-order valence-electron chi connectivity index (χ0n) is 11.1. The van der Waals surface area contributed by atoms with Crippen molar-refractivity contribution in [1.82, 2.24) is 5.32 Å². The predicted octanol–water partition coefficient (Wildman–Crippen LogP) is 3.51. The van der Waals surface area contributed by atoms with Gasteiger partial charge in [-0.3, -0.25) is 0 Å². The van der Waals surface area contributed by atoms with E-state index >= 15 is 0 Å². The molecule has 1 unspecified atom stereocenters. The van der Waals surface area contributed by atoms with Crippen LogP contribution >= 0.6 is 0 Å². The quantitative estimate of drug-likeness (QED) is 0.760. The highest BCUT2D eigenvalue weighted by atomic mass is 16.5. The topological polar surface area (TPSA) is 34.4 Å². The summed E-state index contributed by atoms with van der Waals surface area (Å²) in [5.74, 6) is 0.985. The van der Waals surface area contributed by atoms with E-state index in [1.807, 2.05) is 25.2 Å². The van der Waals surface area contributed by atoms with Crippen LogP contribution in [0, 0.1) is 0 Å². The Morgan fingerprint density at radius 1 is 1.28 bits per heavy atom. The normalized spacial score (nSPS) is 13.0. The molecule has 0 saturated heterocycles. The van der Waals surface area contributed by atoms with Crippen LogP contribution in [0.3, 0.4) is 0 Å². The molecular weight excluding hydrogens is 226 g/mol. The third-order valence-electron chi connectivity index (χ3n) is 3.04. The molecule has 1 aromatic carbocycles. The molecule has 0 radical (unpaired) electrons. The molecular formula is C15H21NO2. The Kier molecular flexibility index (Phi) is 4.79. The van der Waals surface area contributed by atoms with Crippen molar-refractivity contribution in [3.8, 4) is 0 Å². The van der Waals surface area contributed by atoms with E-state index in [1.54, 1.807) is 0 Å². The maximum absolute atomic E-state index is 5.86. The molecule has 1 aromatic heterocycles. The summed E-state index contributed by atoms with van der Waals surface area (Å²) in [5.41, 5.74) is 0.947. The number of ether oxygens (including phenoxy) is 1. The van der Waals surface area contributed by atoms with Gasteiger partial charge in [0.1, 0.15) is 11.3 Å². The minimum Gasteiger partial charge on any atom is -0.459 e. The zero-order valence-corrected chi connectivity index (χ0v) is 11.1. The van der Waals surface area contributed by atoms with E-state index in [0.29, 0.717) is 0 Å². The van der Waals surface area contributed by atoms with E-state index in [2.05, 4.69) is 24.4 Å². The lowest BCUT2D eigenvalue weighted by Crippen LogP contribution is -2.17. The summed E-state index contributed by atoms with van der Waals surface area (Å²) in [6.45, 7) is 3.71. The van der Waals surface area contributed by atoms with Gasteiger partial charge in [0.2, 0.25) is 0 Å². The number of hydrogen-bond donors (Lipinski definition) is 1. The highest BCUT2D eigenvalue weighted by Crippen LogP contribution is 2.25. The maximum atomic E-state index is 5.86. The molecule has 0 aliphatic rings. The second-order valence-corrected chi connectivity index (χ2v) is 4.43. The van der Waals surface area contributed by atoms with E-state index in [9.17, 15) is 0 Å². The molecule has 0 saturated carbocycles. The Bertz CT molecular complexity index is 445. The molecule has 3 nitrogen and oxygen atoms in total. The van der Waals surface area contributed by atoms with Crippen LogP contribution in [-0.4, -0.2) is 20.3 Å². The number of rotatable bonds is 7. The van der Waals surface area contributed by atoms with Crippen LogP contribution in [-0.2, 0) is 4.74 Å². The Hall–Kier alpha value is -1.32. The molecule has 3 heteroatoms. The SMILES string of the molecule is CCCOCCC(NC)c1cc2ccccc2o1. The van der Waals surface area contributed by atoms with Crippen LogP contribution in [0.1, 0.15) is 31.6 Å². The summed E-state index contributed by atoms with van der Waals surface area (Å²) >= 11 is 0. The van der Waals surface area contributed by atoms with E-state index < -0.39 is 0 Å². The summed E-state index contributed by atoms with van der Waals surface area (Å²) in [6.07, 6.45) is 1.99. The predicted molar refractivity (Wildman–Crippen MR) is 73.7 cm³/mol.